The van der Waals surface area contributed by atoms with Gasteiger partial charge < -0.3 is 19.7 Å². The second-order valence-corrected chi connectivity index (χ2v) is 7.00. The molecule has 1 N–H and O–H groups in total. The van der Waals surface area contributed by atoms with Gasteiger partial charge in [0.25, 0.3) is 0 Å². The minimum absolute atomic E-state index is 0.314. The summed E-state index contributed by atoms with van der Waals surface area (Å²) in [4.78, 5) is 2.37. The topological polar surface area (TPSA) is 33.7 Å². The first-order valence-corrected chi connectivity index (χ1v) is 8.97. The molecule has 0 bridgehead atoms. The molecule has 2 aliphatic heterocycles. The summed E-state index contributed by atoms with van der Waals surface area (Å²) in [5, 5.41) is 3.44. The first kappa shape index (κ1) is 16.6. The molecule has 0 amide bonds. The van der Waals surface area contributed by atoms with Crippen LogP contribution in [0, 0.1) is 5.92 Å². The SMILES string of the molecule is COc1ccc(CC2CCNCC2)cc1OC1CCN(C)CC1. The van der Waals surface area contributed by atoms with Crippen molar-refractivity contribution in [2.75, 3.05) is 40.3 Å². The second-order valence-electron chi connectivity index (χ2n) is 7.00. The molecule has 0 atom stereocenters. The Bertz CT molecular complexity index is 492. The number of ether oxygens (including phenoxy) is 2. The molecule has 2 fully saturated rings. The zero-order valence-electron chi connectivity index (χ0n) is 14.5. The Labute approximate surface area is 140 Å². The predicted octanol–water partition coefficient (Wildman–Crippen LogP) is 2.71. The summed E-state index contributed by atoms with van der Waals surface area (Å²) in [6.45, 7) is 4.53. The fourth-order valence-corrected chi connectivity index (χ4v) is 3.64. The monoisotopic (exact) mass is 318 g/mol. The molecule has 0 saturated carbocycles. The lowest BCUT2D eigenvalue weighted by Crippen LogP contribution is -2.35. The van der Waals surface area contributed by atoms with E-state index in [0.29, 0.717) is 6.10 Å². The second kappa shape index (κ2) is 8.02. The van der Waals surface area contributed by atoms with Crippen LogP contribution in [0.2, 0.25) is 0 Å². The number of hydrogen-bond donors (Lipinski definition) is 1. The fourth-order valence-electron chi connectivity index (χ4n) is 3.64. The van der Waals surface area contributed by atoms with Gasteiger partial charge in [0.2, 0.25) is 0 Å². The van der Waals surface area contributed by atoms with Crippen LogP contribution in [0.5, 0.6) is 11.5 Å². The van der Waals surface area contributed by atoms with Gasteiger partial charge in [-0.15, -0.1) is 0 Å². The molecule has 0 radical (unpaired) electrons. The Balaban J connectivity index is 1.65. The number of methoxy groups -OCH3 is 1. The van der Waals surface area contributed by atoms with Gasteiger partial charge in [-0.3, -0.25) is 0 Å². The highest BCUT2D eigenvalue weighted by Gasteiger charge is 2.20. The highest BCUT2D eigenvalue weighted by Crippen LogP contribution is 2.32. The summed E-state index contributed by atoms with van der Waals surface area (Å²) in [5.74, 6) is 2.58. The predicted molar refractivity (Wildman–Crippen MR) is 93.4 cm³/mol. The first-order chi connectivity index (χ1) is 11.2. The summed E-state index contributed by atoms with van der Waals surface area (Å²) in [5.41, 5.74) is 1.38. The lowest BCUT2D eigenvalue weighted by molar-refractivity contribution is 0.111. The van der Waals surface area contributed by atoms with Crippen LogP contribution in [0.1, 0.15) is 31.2 Å². The molecule has 23 heavy (non-hydrogen) atoms. The van der Waals surface area contributed by atoms with Gasteiger partial charge in [0.1, 0.15) is 6.10 Å². The van der Waals surface area contributed by atoms with Crippen molar-refractivity contribution in [3.63, 3.8) is 0 Å². The van der Waals surface area contributed by atoms with Crippen LogP contribution in [0.3, 0.4) is 0 Å². The first-order valence-electron chi connectivity index (χ1n) is 8.97. The maximum absolute atomic E-state index is 6.29. The van der Waals surface area contributed by atoms with E-state index < -0.39 is 0 Å². The van der Waals surface area contributed by atoms with Crippen LogP contribution in [-0.4, -0.2) is 51.3 Å². The average Bonchev–Trinajstić information content (AvgIpc) is 2.58. The number of piperidine rings is 2. The Morgan fingerprint density at radius 3 is 2.52 bits per heavy atom. The van der Waals surface area contributed by atoms with E-state index in [1.165, 1.54) is 18.4 Å². The minimum Gasteiger partial charge on any atom is -0.493 e. The molecule has 4 nitrogen and oxygen atoms in total. The Morgan fingerprint density at radius 1 is 1.09 bits per heavy atom. The van der Waals surface area contributed by atoms with E-state index in [1.807, 2.05) is 0 Å². The Morgan fingerprint density at radius 2 is 1.83 bits per heavy atom. The average molecular weight is 318 g/mol. The molecule has 0 unspecified atom stereocenters. The number of nitrogens with zero attached hydrogens (tertiary/aromatic N) is 1. The lowest BCUT2D eigenvalue weighted by atomic mass is 9.91. The van der Waals surface area contributed by atoms with Crippen LogP contribution >= 0.6 is 0 Å². The van der Waals surface area contributed by atoms with Gasteiger partial charge in [-0.05, 0) is 75.9 Å². The molecule has 3 rings (SSSR count). The van der Waals surface area contributed by atoms with Crippen molar-refractivity contribution in [3.8, 4) is 11.5 Å². The van der Waals surface area contributed by atoms with Crippen molar-refractivity contribution < 1.29 is 9.47 Å². The summed E-state index contributed by atoms with van der Waals surface area (Å²) in [6.07, 6.45) is 6.20. The van der Waals surface area contributed by atoms with Crippen molar-refractivity contribution >= 4 is 0 Å². The van der Waals surface area contributed by atoms with Crippen molar-refractivity contribution in [1.29, 1.82) is 0 Å². The van der Waals surface area contributed by atoms with Crippen molar-refractivity contribution in [3.05, 3.63) is 23.8 Å². The highest BCUT2D eigenvalue weighted by molar-refractivity contribution is 5.43. The lowest BCUT2D eigenvalue weighted by Gasteiger charge is -2.30. The van der Waals surface area contributed by atoms with Gasteiger partial charge in [-0.2, -0.15) is 0 Å². The summed E-state index contributed by atoms with van der Waals surface area (Å²) in [6, 6.07) is 6.47. The van der Waals surface area contributed by atoms with Crippen molar-refractivity contribution in [2.24, 2.45) is 5.92 Å². The fraction of sp³-hybridized carbons (Fsp3) is 0.684. The number of nitrogens with one attached hydrogen (secondary N) is 1. The van der Waals surface area contributed by atoms with Crippen LogP contribution in [0.15, 0.2) is 18.2 Å². The molecule has 2 aliphatic rings. The quantitative estimate of drug-likeness (QED) is 0.905. The molecular weight excluding hydrogens is 288 g/mol. The van der Waals surface area contributed by atoms with E-state index in [4.69, 9.17) is 9.47 Å². The van der Waals surface area contributed by atoms with Crippen LogP contribution < -0.4 is 14.8 Å². The van der Waals surface area contributed by atoms with E-state index in [-0.39, 0.29) is 0 Å². The minimum atomic E-state index is 0.314. The van der Waals surface area contributed by atoms with Crippen molar-refractivity contribution in [1.82, 2.24) is 10.2 Å². The molecule has 2 heterocycles. The van der Waals surface area contributed by atoms with Crippen LogP contribution in [0.4, 0.5) is 0 Å². The Hall–Kier alpha value is -1.26. The van der Waals surface area contributed by atoms with Gasteiger partial charge in [-0.1, -0.05) is 6.07 Å². The number of rotatable bonds is 5. The third-order valence-corrected chi connectivity index (χ3v) is 5.17. The molecule has 1 aromatic rings. The standard InChI is InChI=1S/C19H30N2O2/c1-21-11-7-17(8-12-21)23-19-14-16(3-4-18(19)22-2)13-15-5-9-20-10-6-15/h3-4,14-15,17,20H,5-13H2,1-2H3. The van der Waals surface area contributed by atoms with E-state index in [9.17, 15) is 0 Å². The number of hydrogen-bond acceptors (Lipinski definition) is 4. The molecule has 2 saturated heterocycles. The van der Waals surface area contributed by atoms with Gasteiger partial charge >= 0.3 is 0 Å². The maximum atomic E-state index is 6.29. The zero-order chi connectivity index (χ0) is 16.1. The van der Waals surface area contributed by atoms with Crippen LogP contribution in [0.25, 0.3) is 0 Å². The molecule has 128 valence electrons. The normalized spacial score (nSPS) is 21.3. The zero-order valence-corrected chi connectivity index (χ0v) is 14.5. The van der Waals surface area contributed by atoms with Gasteiger partial charge in [-0.25, -0.2) is 0 Å². The van der Waals surface area contributed by atoms with Crippen molar-refractivity contribution in [2.45, 2.75) is 38.2 Å². The number of benzene rings is 1. The molecule has 1 aromatic carbocycles. The molecule has 4 heteroatoms. The summed E-state index contributed by atoms with van der Waals surface area (Å²) >= 11 is 0. The van der Waals surface area contributed by atoms with E-state index >= 15 is 0 Å². The highest BCUT2D eigenvalue weighted by atomic mass is 16.5. The Kier molecular flexibility index (Phi) is 5.79. The third-order valence-electron chi connectivity index (χ3n) is 5.17. The molecule has 0 aliphatic carbocycles. The van der Waals surface area contributed by atoms with Gasteiger partial charge in [0.05, 0.1) is 7.11 Å². The van der Waals surface area contributed by atoms with Gasteiger partial charge in [0, 0.05) is 13.1 Å². The third kappa shape index (κ3) is 4.61. The molecule has 0 spiro atoms. The number of likely N-dealkylation sites (tertiary alicyclic amines) is 1. The van der Waals surface area contributed by atoms with Crippen LogP contribution in [-0.2, 0) is 6.42 Å². The molecule has 0 aromatic heterocycles. The summed E-state index contributed by atoms with van der Waals surface area (Å²) in [7, 11) is 3.90. The van der Waals surface area contributed by atoms with E-state index in [0.717, 1.165) is 62.9 Å². The maximum Gasteiger partial charge on any atom is 0.161 e. The molecular formula is C19H30N2O2. The smallest absolute Gasteiger partial charge is 0.161 e. The summed E-state index contributed by atoms with van der Waals surface area (Å²) < 4.78 is 11.8. The van der Waals surface area contributed by atoms with E-state index in [1.54, 1.807) is 7.11 Å². The van der Waals surface area contributed by atoms with E-state index in [2.05, 4.69) is 35.5 Å². The largest absolute Gasteiger partial charge is 0.493 e. The van der Waals surface area contributed by atoms with Gasteiger partial charge in [0.15, 0.2) is 11.5 Å².